The molecule has 0 aliphatic heterocycles. The van der Waals surface area contributed by atoms with E-state index in [1.807, 2.05) is 24.3 Å². The molecule has 1 N–H and O–H groups in total. The Morgan fingerprint density at radius 2 is 1.52 bits per heavy atom. The molecular formula is C18H23NO2. The number of nitrogens with one attached hydrogen (secondary N) is 1. The van der Waals surface area contributed by atoms with Gasteiger partial charge in [0.25, 0.3) is 0 Å². The predicted octanol–water partition coefficient (Wildman–Crippen LogP) is 4.31. The molecule has 0 aliphatic rings. The van der Waals surface area contributed by atoms with Gasteiger partial charge in [0.15, 0.2) is 0 Å². The lowest BCUT2D eigenvalue weighted by atomic mass is 10.0. The second-order valence-electron chi connectivity index (χ2n) is 5.23. The first-order valence-corrected chi connectivity index (χ1v) is 7.29. The molecule has 2 aromatic carbocycles. The number of hydrogen-bond acceptors (Lipinski definition) is 3. The van der Waals surface area contributed by atoms with E-state index in [9.17, 15) is 0 Å². The molecule has 2 rings (SSSR count). The largest absolute Gasteiger partial charge is 0.497 e. The molecule has 3 heteroatoms. The monoisotopic (exact) mass is 285 g/mol. The zero-order valence-corrected chi connectivity index (χ0v) is 12.9. The van der Waals surface area contributed by atoms with Crippen molar-refractivity contribution < 1.29 is 9.47 Å². The number of rotatable bonds is 7. The summed E-state index contributed by atoms with van der Waals surface area (Å²) >= 11 is 0. The van der Waals surface area contributed by atoms with Crippen molar-refractivity contribution in [3.05, 3.63) is 54.1 Å². The van der Waals surface area contributed by atoms with E-state index in [1.165, 1.54) is 5.56 Å². The number of hydrogen-bond donors (Lipinski definition) is 1. The first-order valence-electron chi connectivity index (χ1n) is 7.29. The van der Waals surface area contributed by atoms with Crippen LogP contribution in [0.3, 0.4) is 0 Å². The van der Waals surface area contributed by atoms with Crippen LogP contribution in [0.15, 0.2) is 48.5 Å². The highest BCUT2D eigenvalue weighted by Gasteiger charge is 1.99. The summed E-state index contributed by atoms with van der Waals surface area (Å²) in [6.45, 7) is 5.79. The summed E-state index contributed by atoms with van der Waals surface area (Å²) in [5, 5.41) is 3.35. The van der Waals surface area contributed by atoms with Gasteiger partial charge in [0.1, 0.15) is 18.1 Å². The van der Waals surface area contributed by atoms with Gasteiger partial charge in [-0.3, -0.25) is 0 Å². The lowest BCUT2D eigenvalue weighted by Crippen LogP contribution is -2.11. The van der Waals surface area contributed by atoms with Gasteiger partial charge >= 0.3 is 0 Å². The van der Waals surface area contributed by atoms with E-state index in [-0.39, 0.29) is 0 Å². The van der Waals surface area contributed by atoms with Gasteiger partial charge in [-0.25, -0.2) is 0 Å². The number of anilines is 1. The molecule has 112 valence electrons. The molecule has 0 aromatic heterocycles. The maximum absolute atomic E-state index is 5.67. The van der Waals surface area contributed by atoms with E-state index in [4.69, 9.17) is 9.47 Å². The van der Waals surface area contributed by atoms with Crippen LogP contribution in [0.2, 0.25) is 0 Å². The van der Waals surface area contributed by atoms with Crippen molar-refractivity contribution >= 4 is 5.69 Å². The average Bonchev–Trinajstić information content (AvgIpc) is 2.52. The van der Waals surface area contributed by atoms with Crippen LogP contribution >= 0.6 is 0 Å². The average molecular weight is 285 g/mol. The molecule has 0 aliphatic carbocycles. The number of benzene rings is 2. The molecule has 2 aromatic rings. The van der Waals surface area contributed by atoms with Crippen molar-refractivity contribution in [1.82, 2.24) is 0 Å². The Morgan fingerprint density at radius 1 is 0.905 bits per heavy atom. The second-order valence-corrected chi connectivity index (χ2v) is 5.23. The van der Waals surface area contributed by atoms with E-state index >= 15 is 0 Å². The topological polar surface area (TPSA) is 30.5 Å². The van der Waals surface area contributed by atoms with E-state index in [0.717, 1.165) is 23.7 Å². The molecule has 0 bridgehead atoms. The number of methoxy groups -OCH3 is 1. The normalized spacial score (nSPS) is 10.5. The summed E-state index contributed by atoms with van der Waals surface area (Å²) in [5.74, 6) is 2.26. The van der Waals surface area contributed by atoms with Crippen LogP contribution in [0.5, 0.6) is 11.5 Å². The molecule has 0 saturated carbocycles. The summed E-state index contributed by atoms with van der Waals surface area (Å²) in [7, 11) is 1.66. The lowest BCUT2D eigenvalue weighted by Gasteiger charge is -2.10. The Balaban J connectivity index is 1.73. The molecule has 0 atom stereocenters. The Labute approximate surface area is 126 Å². The molecule has 21 heavy (non-hydrogen) atoms. The van der Waals surface area contributed by atoms with Crippen molar-refractivity contribution in [2.75, 3.05) is 25.6 Å². The minimum Gasteiger partial charge on any atom is -0.497 e. The Morgan fingerprint density at radius 3 is 2.10 bits per heavy atom. The van der Waals surface area contributed by atoms with E-state index < -0.39 is 0 Å². The smallest absolute Gasteiger partial charge is 0.119 e. The van der Waals surface area contributed by atoms with E-state index in [2.05, 4.69) is 43.4 Å². The van der Waals surface area contributed by atoms with Crippen molar-refractivity contribution in [2.24, 2.45) is 0 Å². The summed E-state index contributed by atoms with van der Waals surface area (Å²) in [6.07, 6.45) is 0. The van der Waals surface area contributed by atoms with Crippen LogP contribution in [0, 0.1) is 0 Å². The minimum atomic E-state index is 0.567. The molecular weight excluding hydrogens is 262 g/mol. The molecule has 0 radical (unpaired) electrons. The standard InChI is InChI=1S/C18H23NO2/c1-14(2)15-4-6-16(7-5-15)19-12-13-21-18-10-8-17(20-3)9-11-18/h4-11,14,19H,12-13H2,1-3H3. The van der Waals surface area contributed by atoms with Crippen molar-refractivity contribution in [3.63, 3.8) is 0 Å². The number of ether oxygens (including phenoxy) is 2. The maximum Gasteiger partial charge on any atom is 0.119 e. The van der Waals surface area contributed by atoms with Crippen molar-refractivity contribution in [2.45, 2.75) is 19.8 Å². The van der Waals surface area contributed by atoms with E-state index in [0.29, 0.717) is 12.5 Å². The fourth-order valence-electron chi connectivity index (χ4n) is 2.02. The fraction of sp³-hybridized carbons (Fsp3) is 0.333. The molecule has 0 heterocycles. The van der Waals surface area contributed by atoms with Crippen LogP contribution in [-0.4, -0.2) is 20.3 Å². The summed E-state index contributed by atoms with van der Waals surface area (Å²) in [4.78, 5) is 0. The van der Waals surface area contributed by atoms with Crippen molar-refractivity contribution in [1.29, 1.82) is 0 Å². The first kappa shape index (κ1) is 15.2. The Hall–Kier alpha value is -2.16. The quantitative estimate of drug-likeness (QED) is 0.769. The van der Waals surface area contributed by atoms with Crippen molar-refractivity contribution in [3.8, 4) is 11.5 Å². The van der Waals surface area contributed by atoms with Gasteiger partial charge < -0.3 is 14.8 Å². The third-order valence-corrected chi connectivity index (χ3v) is 3.34. The molecule has 0 amide bonds. The summed E-state index contributed by atoms with van der Waals surface area (Å²) in [6, 6.07) is 16.2. The molecule has 0 fully saturated rings. The van der Waals surface area contributed by atoms with Gasteiger partial charge in [-0.05, 0) is 47.9 Å². The molecule has 0 spiro atoms. The highest BCUT2D eigenvalue weighted by atomic mass is 16.5. The molecule has 0 unspecified atom stereocenters. The highest BCUT2D eigenvalue weighted by Crippen LogP contribution is 2.18. The third kappa shape index (κ3) is 4.71. The molecule has 0 saturated heterocycles. The van der Waals surface area contributed by atoms with Gasteiger partial charge in [-0.15, -0.1) is 0 Å². The second kappa shape index (κ2) is 7.58. The fourth-order valence-corrected chi connectivity index (χ4v) is 2.02. The van der Waals surface area contributed by atoms with Gasteiger partial charge in [-0.2, -0.15) is 0 Å². The summed E-state index contributed by atoms with van der Waals surface area (Å²) < 4.78 is 10.8. The first-order chi connectivity index (χ1) is 10.2. The third-order valence-electron chi connectivity index (χ3n) is 3.34. The zero-order chi connectivity index (χ0) is 15.1. The van der Waals surface area contributed by atoms with Gasteiger partial charge in [0.05, 0.1) is 7.11 Å². The lowest BCUT2D eigenvalue weighted by molar-refractivity contribution is 0.332. The SMILES string of the molecule is COc1ccc(OCCNc2ccc(C(C)C)cc2)cc1. The Bertz CT molecular complexity index is 532. The van der Waals surface area contributed by atoms with Gasteiger partial charge in [-0.1, -0.05) is 26.0 Å². The van der Waals surface area contributed by atoms with Gasteiger partial charge in [0, 0.05) is 12.2 Å². The van der Waals surface area contributed by atoms with Crippen LogP contribution < -0.4 is 14.8 Å². The van der Waals surface area contributed by atoms with Crippen LogP contribution in [-0.2, 0) is 0 Å². The zero-order valence-electron chi connectivity index (χ0n) is 12.9. The van der Waals surface area contributed by atoms with E-state index in [1.54, 1.807) is 7.11 Å². The van der Waals surface area contributed by atoms with Crippen LogP contribution in [0.25, 0.3) is 0 Å². The van der Waals surface area contributed by atoms with Crippen LogP contribution in [0.4, 0.5) is 5.69 Å². The van der Waals surface area contributed by atoms with Crippen LogP contribution in [0.1, 0.15) is 25.3 Å². The summed E-state index contributed by atoms with van der Waals surface area (Å²) in [5.41, 5.74) is 2.48. The molecule has 3 nitrogen and oxygen atoms in total. The van der Waals surface area contributed by atoms with Gasteiger partial charge in [0.2, 0.25) is 0 Å². The predicted molar refractivity (Wildman–Crippen MR) is 87.5 cm³/mol. The minimum absolute atomic E-state index is 0.567. The maximum atomic E-state index is 5.67. The highest BCUT2D eigenvalue weighted by molar-refractivity contribution is 5.45. The Kier molecular flexibility index (Phi) is 5.50.